The van der Waals surface area contributed by atoms with Crippen molar-refractivity contribution < 1.29 is 33.1 Å². The fourth-order valence-corrected chi connectivity index (χ4v) is 1.67. The monoisotopic (exact) mass is 356 g/mol. The maximum absolute atomic E-state index is 10.4. The Balaban J connectivity index is 0.000000351. The lowest BCUT2D eigenvalue weighted by Crippen LogP contribution is -2.03. The van der Waals surface area contributed by atoms with Gasteiger partial charge in [0, 0.05) is 0 Å². The van der Waals surface area contributed by atoms with Crippen molar-refractivity contribution in [1.82, 2.24) is 0 Å². The smallest absolute Gasteiger partial charge is 0.335 e. The number of aliphatic hydroxyl groups is 2. The van der Waals surface area contributed by atoms with E-state index in [4.69, 9.17) is 19.9 Å². The van der Waals surface area contributed by atoms with Gasteiger partial charge in [-0.1, -0.05) is 36.4 Å². The van der Waals surface area contributed by atoms with E-state index in [2.05, 4.69) is 0 Å². The first-order chi connectivity index (χ1) is 11.2. The second kappa shape index (κ2) is 11.3. The predicted octanol–water partition coefficient (Wildman–Crippen LogP) is 1.68. The molecule has 132 valence electrons. The highest BCUT2D eigenvalue weighted by molar-refractivity contribution is 7.85. The number of benzene rings is 2. The van der Waals surface area contributed by atoms with Crippen molar-refractivity contribution in [3.63, 3.8) is 0 Å². The van der Waals surface area contributed by atoms with Gasteiger partial charge < -0.3 is 15.3 Å². The molecular weight excluding hydrogens is 336 g/mol. The number of carboxylic acids is 1. The molecule has 2 aromatic carbocycles. The maximum Gasteiger partial charge on any atom is 0.335 e. The standard InChI is InChI=1S/C7H6O2.C6H6O3S.C3H8O2/c8-7(9)6-4-2-1-3-5-6;7-10(8,9)6-4-2-1-3-5-6;1-3(5)2-4/h1-5H,(H,8,9);1-5H,(H,7,8,9);3-5H,2H2,1H3. The molecule has 0 aromatic heterocycles. The Labute approximate surface area is 140 Å². The Morgan fingerprint density at radius 2 is 1.38 bits per heavy atom. The molecule has 7 nitrogen and oxygen atoms in total. The summed E-state index contributed by atoms with van der Waals surface area (Å²) in [4.78, 5) is 10.1. The molecule has 0 heterocycles. The second-order valence-corrected chi connectivity index (χ2v) is 5.91. The maximum atomic E-state index is 10.4. The van der Waals surface area contributed by atoms with E-state index in [1.165, 1.54) is 19.1 Å². The van der Waals surface area contributed by atoms with Gasteiger partial charge in [0.2, 0.25) is 0 Å². The van der Waals surface area contributed by atoms with Crippen molar-refractivity contribution in [1.29, 1.82) is 0 Å². The molecule has 0 radical (unpaired) electrons. The second-order valence-electron chi connectivity index (χ2n) is 4.49. The number of carbonyl (C=O) groups is 1. The summed E-state index contributed by atoms with van der Waals surface area (Å²) in [6.07, 6.45) is -0.560. The van der Waals surface area contributed by atoms with Crippen LogP contribution < -0.4 is 0 Å². The molecule has 0 saturated heterocycles. The normalized spacial score (nSPS) is 11.2. The molecule has 24 heavy (non-hydrogen) atoms. The van der Waals surface area contributed by atoms with Crippen molar-refractivity contribution >= 4 is 16.1 Å². The Morgan fingerprint density at radius 1 is 1.00 bits per heavy atom. The number of aromatic carboxylic acids is 1. The summed E-state index contributed by atoms with van der Waals surface area (Å²) >= 11 is 0. The highest BCUT2D eigenvalue weighted by Gasteiger charge is 2.05. The average molecular weight is 356 g/mol. The Hall–Kier alpha value is -2.26. The van der Waals surface area contributed by atoms with Gasteiger partial charge in [-0.05, 0) is 31.2 Å². The van der Waals surface area contributed by atoms with Crippen molar-refractivity contribution in [3.8, 4) is 0 Å². The van der Waals surface area contributed by atoms with E-state index in [1.807, 2.05) is 0 Å². The van der Waals surface area contributed by atoms with E-state index >= 15 is 0 Å². The van der Waals surface area contributed by atoms with Gasteiger partial charge in [0.05, 0.1) is 23.2 Å². The van der Waals surface area contributed by atoms with E-state index in [-0.39, 0.29) is 11.5 Å². The first-order valence-corrected chi connectivity index (χ1v) is 8.22. The van der Waals surface area contributed by atoms with Crippen LogP contribution in [-0.4, -0.2) is 47.0 Å². The topological polar surface area (TPSA) is 132 Å². The molecule has 2 aromatic rings. The lowest BCUT2D eigenvalue weighted by Gasteiger charge is -1.92. The Morgan fingerprint density at radius 3 is 1.58 bits per heavy atom. The molecule has 0 saturated carbocycles. The zero-order valence-electron chi connectivity index (χ0n) is 13.0. The van der Waals surface area contributed by atoms with Gasteiger partial charge in [-0.2, -0.15) is 8.42 Å². The van der Waals surface area contributed by atoms with E-state index in [9.17, 15) is 13.2 Å². The third-order valence-electron chi connectivity index (χ3n) is 2.33. The molecule has 0 fully saturated rings. The fourth-order valence-electron chi connectivity index (χ4n) is 1.17. The minimum absolute atomic E-state index is 0.0741. The molecule has 0 amide bonds. The minimum Gasteiger partial charge on any atom is -0.478 e. The molecule has 0 aliphatic rings. The van der Waals surface area contributed by atoms with Crippen LogP contribution in [-0.2, 0) is 10.1 Å². The number of carboxylic acid groups (broad SMARTS) is 1. The number of hydrogen-bond donors (Lipinski definition) is 4. The molecule has 0 aliphatic heterocycles. The third-order valence-corrected chi connectivity index (χ3v) is 3.19. The molecule has 1 atom stereocenters. The van der Waals surface area contributed by atoms with Crippen LogP contribution >= 0.6 is 0 Å². The summed E-state index contributed by atoms with van der Waals surface area (Å²) in [7, 11) is -4.00. The van der Waals surface area contributed by atoms with Crippen LogP contribution in [0.1, 0.15) is 17.3 Å². The first-order valence-electron chi connectivity index (χ1n) is 6.78. The van der Waals surface area contributed by atoms with Gasteiger partial charge >= 0.3 is 5.97 Å². The van der Waals surface area contributed by atoms with Crippen LogP contribution in [0.3, 0.4) is 0 Å². The van der Waals surface area contributed by atoms with Gasteiger partial charge in [0.15, 0.2) is 0 Å². The zero-order chi connectivity index (χ0) is 18.6. The lowest BCUT2D eigenvalue weighted by molar-refractivity contribution is 0.0697. The summed E-state index contributed by atoms with van der Waals surface area (Å²) in [5.74, 6) is -0.879. The summed E-state index contributed by atoms with van der Waals surface area (Å²) in [5.41, 5.74) is 0.331. The van der Waals surface area contributed by atoms with Gasteiger partial charge in [-0.3, -0.25) is 4.55 Å². The van der Waals surface area contributed by atoms with Crippen molar-refractivity contribution in [3.05, 3.63) is 66.2 Å². The molecule has 8 heteroatoms. The fraction of sp³-hybridized carbons (Fsp3) is 0.188. The van der Waals surface area contributed by atoms with Crippen LogP contribution in [0.15, 0.2) is 65.6 Å². The van der Waals surface area contributed by atoms with Crippen molar-refractivity contribution in [2.24, 2.45) is 0 Å². The van der Waals surface area contributed by atoms with Gasteiger partial charge in [-0.15, -0.1) is 0 Å². The van der Waals surface area contributed by atoms with E-state index < -0.39 is 22.2 Å². The van der Waals surface area contributed by atoms with E-state index in [0.717, 1.165) is 0 Å². The largest absolute Gasteiger partial charge is 0.478 e. The molecule has 1 unspecified atom stereocenters. The lowest BCUT2D eigenvalue weighted by atomic mass is 10.2. The highest BCUT2D eigenvalue weighted by Crippen LogP contribution is 2.05. The summed E-state index contributed by atoms with van der Waals surface area (Å²) < 4.78 is 29.2. The molecule has 4 N–H and O–H groups in total. The third kappa shape index (κ3) is 10.5. The summed E-state index contributed by atoms with van der Waals surface area (Å²) in [6.45, 7) is 1.39. The SMILES string of the molecule is CC(O)CO.O=C(O)c1ccccc1.O=S(=O)(O)c1ccccc1. The molecule has 2 rings (SSSR count). The van der Waals surface area contributed by atoms with Gasteiger partial charge in [0.1, 0.15) is 0 Å². The zero-order valence-corrected chi connectivity index (χ0v) is 13.8. The van der Waals surface area contributed by atoms with E-state index in [0.29, 0.717) is 5.56 Å². The summed E-state index contributed by atoms with van der Waals surface area (Å²) in [5, 5.41) is 24.4. The van der Waals surface area contributed by atoms with Crippen LogP contribution in [0, 0.1) is 0 Å². The van der Waals surface area contributed by atoms with Crippen molar-refractivity contribution in [2.45, 2.75) is 17.9 Å². The highest BCUT2D eigenvalue weighted by atomic mass is 32.2. The van der Waals surface area contributed by atoms with Crippen molar-refractivity contribution in [2.75, 3.05) is 6.61 Å². The molecular formula is C16H20O7S. The first kappa shape index (κ1) is 21.7. The number of rotatable bonds is 3. The molecule has 0 spiro atoms. The Kier molecular flexibility index (Phi) is 10.2. The predicted molar refractivity (Wildman–Crippen MR) is 88.4 cm³/mol. The Bertz CT molecular complexity index is 683. The molecule has 0 aliphatic carbocycles. The van der Waals surface area contributed by atoms with Gasteiger partial charge in [0.25, 0.3) is 10.1 Å². The minimum atomic E-state index is -4.00. The quantitative estimate of drug-likeness (QED) is 0.615. The van der Waals surface area contributed by atoms with Crippen LogP contribution in [0.4, 0.5) is 0 Å². The van der Waals surface area contributed by atoms with Gasteiger partial charge in [-0.25, -0.2) is 4.79 Å². The average Bonchev–Trinajstić information content (AvgIpc) is 2.57. The van der Waals surface area contributed by atoms with Crippen LogP contribution in [0.5, 0.6) is 0 Å². The molecule has 0 bridgehead atoms. The number of hydrogen-bond acceptors (Lipinski definition) is 5. The summed E-state index contributed by atoms with van der Waals surface area (Å²) in [6, 6.07) is 15.7. The van der Waals surface area contributed by atoms with Crippen LogP contribution in [0.2, 0.25) is 0 Å². The van der Waals surface area contributed by atoms with Crippen LogP contribution in [0.25, 0.3) is 0 Å². The van der Waals surface area contributed by atoms with E-state index in [1.54, 1.807) is 48.5 Å². The number of aliphatic hydroxyl groups excluding tert-OH is 2.